The maximum Gasteiger partial charge on any atom is 0.179 e. The lowest BCUT2D eigenvalue weighted by Gasteiger charge is -2.29. The summed E-state index contributed by atoms with van der Waals surface area (Å²) in [5.74, 6) is 0. The van der Waals surface area contributed by atoms with Crippen LogP contribution in [-0.4, -0.2) is 16.8 Å². The largest absolute Gasteiger partial charge is 0.227 e. The van der Waals surface area contributed by atoms with Crippen LogP contribution in [0, 0.1) is 0 Å². The fraction of sp³-hybridized carbons (Fsp3) is 0. The minimum atomic E-state index is -2.93. The van der Waals surface area contributed by atoms with Gasteiger partial charge < -0.3 is 0 Å². The first-order valence-electron chi connectivity index (χ1n) is 6.00. The first-order valence-corrected chi connectivity index (χ1v) is 14.4. The zero-order valence-corrected chi connectivity index (χ0v) is 21.0. The van der Waals surface area contributed by atoms with Gasteiger partial charge in [-0.15, -0.1) is 0 Å². The maximum absolute atomic E-state index is 12.1. The molecule has 2 aromatic rings. The molecular weight excluding hydrogens is 656 g/mol. The highest BCUT2D eigenvalue weighted by atomic mass is 79.9. The molecule has 0 saturated heterocycles. The predicted molar refractivity (Wildman–Crippen MR) is 112 cm³/mol. The van der Waals surface area contributed by atoms with Gasteiger partial charge in [0.1, 0.15) is 0 Å². The van der Waals surface area contributed by atoms with Gasteiger partial charge in [-0.1, -0.05) is 21.7 Å². The molecule has 0 radical (unpaired) electrons. The standard InChI is InChI=1S/C12H6Br4O4S4/c13-4-1-7-8(2-5(4)14)22(24(19)20)12-9(23(17)18)3-6(15)10(16)11(12)21-7/h1-3,22-24H. The molecule has 0 aliphatic carbocycles. The average Bonchev–Trinajstić information content (AvgIpc) is 2.50. The number of hydrogen-bond acceptors (Lipinski definition) is 5. The lowest BCUT2D eigenvalue weighted by Crippen LogP contribution is -2.03. The van der Waals surface area contributed by atoms with E-state index in [1.54, 1.807) is 6.07 Å². The Balaban J connectivity index is 2.44. The zero-order chi connectivity index (χ0) is 17.8. The van der Waals surface area contributed by atoms with Crippen LogP contribution >= 0.6 is 85.4 Å². The van der Waals surface area contributed by atoms with Crippen molar-refractivity contribution in [2.45, 2.75) is 24.5 Å². The molecule has 0 spiro atoms. The van der Waals surface area contributed by atoms with Gasteiger partial charge in [-0.3, -0.25) is 0 Å². The third-order valence-corrected chi connectivity index (χ3v) is 13.9. The number of benzene rings is 2. The molecule has 130 valence electrons. The fourth-order valence-electron chi connectivity index (χ4n) is 2.18. The topological polar surface area (TPSA) is 68.3 Å². The van der Waals surface area contributed by atoms with Gasteiger partial charge in [0.25, 0.3) is 0 Å². The molecule has 1 aliphatic rings. The van der Waals surface area contributed by atoms with E-state index in [1.165, 1.54) is 17.8 Å². The summed E-state index contributed by atoms with van der Waals surface area (Å²) in [6.07, 6.45) is 0. The summed E-state index contributed by atoms with van der Waals surface area (Å²) in [7, 11) is -7.62. The lowest BCUT2D eigenvalue weighted by atomic mass is 10.3. The molecule has 0 fully saturated rings. The quantitative estimate of drug-likeness (QED) is 0.308. The van der Waals surface area contributed by atoms with Gasteiger partial charge in [-0.2, -0.15) is 0 Å². The minimum absolute atomic E-state index is 0.0394. The van der Waals surface area contributed by atoms with E-state index in [0.717, 1.165) is 13.8 Å². The first-order chi connectivity index (χ1) is 11.2. The van der Waals surface area contributed by atoms with Gasteiger partial charge in [0, 0.05) is 37.5 Å². The van der Waals surface area contributed by atoms with E-state index in [9.17, 15) is 16.8 Å². The first kappa shape index (κ1) is 19.7. The number of thiol groups is 3. The van der Waals surface area contributed by atoms with Gasteiger partial charge in [0.2, 0.25) is 0 Å². The summed E-state index contributed by atoms with van der Waals surface area (Å²) in [4.78, 5) is 2.43. The normalized spacial score (nSPS) is 17.8. The van der Waals surface area contributed by atoms with Crippen LogP contribution in [0.1, 0.15) is 0 Å². The summed E-state index contributed by atoms with van der Waals surface area (Å²) in [5.41, 5.74) is 0. The summed E-state index contributed by atoms with van der Waals surface area (Å²) in [5, 5.41) is 0. The van der Waals surface area contributed by atoms with Crippen LogP contribution in [0.4, 0.5) is 0 Å². The average molecular weight is 662 g/mol. The monoisotopic (exact) mass is 658 g/mol. The Morgan fingerprint density at radius 1 is 0.875 bits per heavy atom. The molecule has 3 rings (SSSR count). The van der Waals surface area contributed by atoms with Crippen LogP contribution in [-0.2, 0) is 20.4 Å². The molecule has 0 N–H and O–H groups in total. The van der Waals surface area contributed by atoms with Crippen LogP contribution in [0.25, 0.3) is 0 Å². The second-order valence-electron chi connectivity index (χ2n) is 4.51. The van der Waals surface area contributed by atoms with Crippen LogP contribution in [0.5, 0.6) is 0 Å². The number of rotatable bonds is 2. The minimum Gasteiger partial charge on any atom is -0.227 e. The van der Waals surface area contributed by atoms with E-state index in [2.05, 4.69) is 63.7 Å². The molecule has 4 nitrogen and oxygen atoms in total. The molecule has 12 heteroatoms. The SMILES string of the molecule is O=[SH](=O)c1cc(Br)c(Br)c2c1[SH]([SH](=O)=O)c1cc(Br)c(Br)cc1S2. The summed E-state index contributed by atoms with van der Waals surface area (Å²) >= 11 is 14.9. The fourth-order valence-corrected chi connectivity index (χ4v) is 12.0. The Hall–Kier alpha value is 0.960. The molecule has 0 amide bonds. The Bertz CT molecular complexity index is 1020. The van der Waals surface area contributed by atoms with Crippen molar-refractivity contribution in [3.05, 3.63) is 36.1 Å². The van der Waals surface area contributed by atoms with E-state index in [4.69, 9.17) is 0 Å². The number of hydrogen-bond donors (Lipinski definition) is 3. The van der Waals surface area contributed by atoms with Crippen LogP contribution in [0.2, 0.25) is 0 Å². The molecule has 1 heterocycles. The highest BCUT2D eigenvalue weighted by molar-refractivity contribution is 9.13. The predicted octanol–water partition coefficient (Wildman–Crippen LogP) is 5.12. The molecule has 0 aromatic heterocycles. The van der Waals surface area contributed by atoms with Gasteiger partial charge >= 0.3 is 0 Å². The Labute approximate surface area is 181 Å². The van der Waals surface area contributed by atoms with E-state index < -0.39 is 30.4 Å². The zero-order valence-electron chi connectivity index (χ0n) is 11.1. The Morgan fingerprint density at radius 2 is 1.50 bits per heavy atom. The van der Waals surface area contributed by atoms with Crippen molar-refractivity contribution in [3.63, 3.8) is 0 Å². The Kier molecular flexibility index (Phi) is 6.18. The highest BCUT2D eigenvalue weighted by Gasteiger charge is 2.32. The van der Waals surface area contributed by atoms with Gasteiger partial charge in [-0.05, 0) is 81.9 Å². The molecule has 24 heavy (non-hydrogen) atoms. The van der Waals surface area contributed by atoms with Crippen molar-refractivity contribution in [3.8, 4) is 0 Å². The van der Waals surface area contributed by atoms with Crippen molar-refractivity contribution < 1.29 is 16.8 Å². The van der Waals surface area contributed by atoms with E-state index in [0.29, 0.717) is 23.6 Å². The highest BCUT2D eigenvalue weighted by Crippen LogP contribution is 2.62. The van der Waals surface area contributed by atoms with Crippen LogP contribution < -0.4 is 0 Å². The number of fused-ring (bicyclic) bond motifs is 2. The van der Waals surface area contributed by atoms with E-state index in [-0.39, 0.29) is 4.90 Å². The maximum atomic E-state index is 12.1. The van der Waals surface area contributed by atoms with Crippen LogP contribution in [0.3, 0.4) is 0 Å². The van der Waals surface area contributed by atoms with Crippen molar-refractivity contribution in [1.82, 2.24) is 0 Å². The van der Waals surface area contributed by atoms with Crippen molar-refractivity contribution in [1.29, 1.82) is 0 Å². The van der Waals surface area contributed by atoms with Crippen molar-refractivity contribution >= 4 is 106 Å². The van der Waals surface area contributed by atoms with Gasteiger partial charge in [-0.25, -0.2) is 16.8 Å². The molecule has 1 unspecified atom stereocenters. The third-order valence-electron chi connectivity index (χ3n) is 3.14. The second-order valence-corrected chi connectivity index (χ2v) is 14.1. The lowest BCUT2D eigenvalue weighted by molar-refractivity contribution is 0.612. The van der Waals surface area contributed by atoms with Gasteiger partial charge in [0.05, 0.1) is 4.90 Å². The summed E-state index contributed by atoms with van der Waals surface area (Å²) < 4.78 is 50.3. The molecule has 0 saturated carbocycles. The summed E-state index contributed by atoms with van der Waals surface area (Å²) in [6.45, 7) is 0. The molecular formula is C12H6Br4O4S4. The van der Waals surface area contributed by atoms with Crippen LogP contribution in [0.15, 0.2) is 60.6 Å². The second kappa shape index (κ2) is 7.53. The summed E-state index contributed by atoms with van der Waals surface area (Å²) in [6, 6.07) is 5.03. The number of halogens is 4. The van der Waals surface area contributed by atoms with E-state index in [1.807, 2.05) is 6.07 Å². The Morgan fingerprint density at radius 3 is 2.08 bits per heavy atom. The van der Waals surface area contributed by atoms with Crippen molar-refractivity contribution in [2.24, 2.45) is 0 Å². The smallest absolute Gasteiger partial charge is 0.179 e. The van der Waals surface area contributed by atoms with E-state index >= 15 is 0 Å². The molecule has 1 atom stereocenters. The molecule has 2 aromatic carbocycles. The molecule has 0 bridgehead atoms. The van der Waals surface area contributed by atoms with Gasteiger partial charge in [0.15, 0.2) is 20.4 Å². The molecule has 1 aliphatic heterocycles. The third kappa shape index (κ3) is 3.41. The van der Waals surface area contributed by atoms with Crippen molar-refractivity contribution in [2.75, 3.05) is 0 Å².